The summed E-state index contributed by atoms with van der Waals surface area (Å²) in [7, 11) is 0. The van der Waals surface area contributed by atoms with E-state index in [0.29, 0.717) is 40.0 Å². The lowest BCUT2D eigenvalue weighted by Gasteiger charge is -2.18. The molecule has 1 fully saturated rings. The van der Waals surface area contributed by atoms with Crippen molar-refractivity contribution in [1.82, 2.24) is 24.8 Å². The number of halogens is 2. The fraction of sp³-hybridized carbons (Fsp3) is 0.273. The molecule has 8 nitrogen and oxygen atoms in total. The number of likely N-dealkylation sites (tertiary alicyclic amines) is 1. The molecule has 32 heavy (non-hydrogen) atoms. The Labute approximate surface area is 194 Å². The van der Waals surface area contributed by atoms with E-state index in [9.17, 15) is 4.79 Å². The largest absolute Gasteiger partial charge is 0.360 e. The number of anilines is 1. The number of carbonyl (C=O) groups is 1. The van der Waals surface area contributed by atoms with Gasteiger partial charge in [-0.05, 0) is 43.7 Å². The van der Waals surface area contributed by atoms with E-state index in [4.69, 9.17) is 28.9 Å². The van der Waals surface area contributed by atoms with Crippen LogP contribution in [0.5, 0.6) is 0 Å². The summed E-state index contributed by atoms with van der Waals surface area (Å²) in [6.07, 6.45) is 2.25. The van der Waals surface area contributed by atoms with Crippen molar-refractivity contribution in [1.29, 1.82) is 0 Å². The first kappa shape index (κ1) is 20.9. The van der Waals surface area contributed by atoms with Gasteiger partial charge in [-0.2, -0.15) is 0 Å². The average molecular weight is 470 g/mol. The van der Waals surface area contributed by atoms with Gasteiger partial charge in [0.15, 0.2) is 0 Å². The predicted octanol–water partition coefficient (Wildman–Crippen LogP) is 4.16. The van der Waals surface area contributed by atoms with Gasteiger partial charge in [0.1, 0.15) is 18.0 Å². The number of hydrogen-bond acceptors (Lipinski definition) is 6. The fourth-order valence-corrected chi connectivity index (χ4v) is 4.39. The molecule has 0 saturated carbocycles. The second kappa shape index (κ2) is 8.20. The zero-order valence-electron chi connectivity index (χ0n) is 17.3. The lowest BCUT2D eigenvalue weighted by atomic mass is 10.1. The highest BCUT2D eigenvalue weighted by molar-refractivity contribution is 6.35. The van der Waals surface area contributed by atoms with Crippen LogP contribution < -0.4 is 11.1 Å². The minimum Gasteiger partial charge on any atom is -0.360 e. The van der Waals surface area contributed by atoms with Gasteiger partial charge in [0.05, 0.1) is 33.2 Å². The minimum absolute atomic E-state index is 0.00655. The van der Waals surface area contributed by atoms with Crippen molar-refractivity contribution >= 4 is 56.9 Å². The van der Waals surface area contributed by atoms with Crippen LogP contribution in [-0.2, 0) is 0 Å². The summed E-state index contributed by atoms with van der Waals surface area (Å²) in [5.74, 6) is 1.22. The van der Waals surface area contributed by atoms with Crippen LogP contribution >= 0.6 is 23.2 Å². The van der Waals surface area contributed by atoms with E-state index < -0.39 is 0 Å². The highest BCUT2D eigenvalue weighted by atomic mass is 35.5. The van der Waals surface area contributed by atoms with Gasteiger partial charge in [0.25, 0.3) is 5.91 Å². The van der Waals surface area contributed by atoms with Crippen LogP contribution in [0, 0.1) is 0 Å². The van der Waals surface area contributed by atoms with E-state index in [1.165, 1.54) is 6.33 Å². The number of amides is 1. The van der Waals surface area contributed by atoms with Gasteiger partial charge < -0.3 is 20.9 Å². The third-order valence-corrected chi connectivity index (χ3v) is 6.24. The van der Waals surface area contributed by atoms with Gasteiger partial charge in [-0.1, -0.05) is 23.2 Å². The standard InChI is InChI=1S/C22H21Cl2N7O/c1-11(20-29-17-3-2-12(23)6-19(17)30-20)28-21-15-7-16(24)14(8-18(15)26-10-27-21)22(32)31-5-4-13(25)9-31/h2-3,6-8,10-11,13H,4-5,9,25H2,1H3,(H,29,30)(H,26,27,28)/t11-,13?/m0/s1. The highest BCUT2D eigenvalue weighted by Crippen LogP contribution is 2.30. The third-order valence-electron chi connectivity index (χ3n) is 5.69. The fourth-order valence-electron chi connectivity index (χ4n) is 3.97. The Bertz CT molecular complexity index is 1340. The average Bonchev–Trinajstić information content (AvgIpc) is 3.39. The summed E-state index contributed by atoms with van der Waals surface area (Å²) < 4.78 is 0. The van der Waals surface area contributed by atoms with Gasteiger partial charge in [0.2, 0.25) is 0 Å². The summed E-state index contributed by atoms with van der Waals surface area (Å²) >= 11 is 12.6. The first-order valence-electron chi connectivity index (χ1n) is 10.3. The lowest BCUT2D eigenvalue weighted by molar-refractivity contribution is 0.0791. The molecule has 4 aromatic rings. The maximum absolute atomic E-state index is 12.9. The number of rotatable bonds is 4. The predicted molar refractivity (Wildman–Crippen MR) is 126 cm³/mol. The lowest BCUT2D eigenvalue weighted by Crippen LogP contribution is -2.32. The second-order valence-corrected chi connectivity index (χ2v) is 8.86. The molecular weight excluding hydrogens is 449 g/mol. The van der Waals surface area contributed by atoms with Crippen LogP contribution in [-0.4, -0.2) is 49.9 Å². The first-order chi connectivity index (χ1) is 15.4. The van der Waals surface area contributed by atoms with Gasteiger partial charge in [-0.3, -0.25) is 4.79 Å². The van der Waals surface area contributed by atoms with Gasteiger partial charge >= 0.3 is 0 Å². The third kappa shape index (κ3) is 3.85. The van der Waals surface area contributed by atoms with E-state index in [1.807, 2.05) is 25.1 Å². The van der Waals surface area contributed by atoms with E-state index in [2.05, 4.69) is 25.3 Å². The summed E-state index contributed by atoms with van der Waals surface area (Å²) in [5.41, 5.74) is 8.68. The van der Waals surface area contributed by atoms with Gasteiger partial charge in [-0.25, -0.2) is 15.0 Å². The molecule has 2 atom stereocenters. The molecule has 10 heteroatoms. The molecule has 0 spiro atoms. The Hall–Kier alpha value is -2.94. The Kier molecular flexibility index (Phi) is 5.36. The summed E-state index contributed by atoms with van der Waals surface area (Å²) in [6.45, 7) is 3.14. The number of benzene rings is 2. The van der Waals surface area contributed by atoms with E-state index >= 15 is 0 Å². The molecule has 3 heterocycles. The van der Waals surface area contributed by atoms with Crippen LogP contribution in [0.4, 0.5) is 5.82 Å². The van der Waals surface area contributed by atoms with E-state index in [1.54, 1.807) is 17.0 Å². The van der Waals surface area contributed by atoms with Crippen molar-refractivity contribution in [3.63, 3.8) is 0 Å². The number of aromatic nitrogens is 4. The molecule has 1 aliphatic heterocycles. The summed E-state index contributed by atoms with van der Waals surface area (Å²) in [5, 5.41) is 5.07. The molecule has 0 radical (unpaired) electrons. The number of fused-ring (bicyclic) bond motifs is 2. The first-order valence-corrected chi connectivity index (χ1v) is 11.1. The molecule has 164 valence electrons. The number of carbonyl (C=O) groups excluding carboxylic acids is 1. The molecule has 4 N–H and O–H groups in total. The number of nitrogens with zero attached hydrogens (tertiary/aromatic N) is 4. The number of nitrogens with one attached hydrogen (secondary N) is 2. The quantitative estimate of drug-likeness (QED) is 0.413. The summed E-state index contributed by atoms with van der Waals surface area (Å²) in [6, 6.07) is 8.80. The van der Waals surface area contributed by atoms with Crippen molar-refractivity contribution in [3.8, 4) is 0 Å². The van der Waals surface area contributed by atoms with Crippen LogP contribution in [0.1, 0.15) is 35.6 Å². The van der Waals surface area contributed by atoms with Crippen LogP contribution in [0.15, 0.2) is 36.7 Å². The highest BCUT2D eigenvalue weighted by Gasteiger charge is 2.26. The smallest absolute Gasteiger partial charge is 0.255 e. The van der Waals surface area contributed by atoms with Crippen molar-refractivity contribution in [2.45, 2.75) is 25.4 Å². The van der Waals surface area contributed by atoms with E-state index in [-0.39, 0.29) is 18.0 Å². The molecule has 1 aliphatic rings. The molecule has 5 rings (SSSR count). The molecule has 1 unspecified atom stereocenters. The van der Waals surface area contributed by atoms with Gasteiger partial charge in [-0.15, -0.1) is 0 Å². The van der Waals surface area contributed by atoms with Crippen LogP contribution in [0.3, 0.4) is 0 Å². The Morgan fingerprint density at radius 3 is 2.88 bits per heavy atom. The number of aromatic amines is 1. The molecule has 1 amide bonds. The Morgan fingerprint density at radius 2 is 2.09 bits per heavy atom. The number of nitrogens with two attached hydrogens (primary N) is 1. The minimum atomic E-state index is -0.176. The zero-order valence-corrected chi connectivity index (χ0v) is 18.8. The summed E-state index contributed by atoms with van der Waals surface area (Å²) in [4.78, 5) is 31.3. The molecule has 1 saturated heterocycles. The van der Waals surface area contributed by atoms with Crippen molar-refractivity contribution in [3.05, 3.63) is 58.1 Å². The molecule has 2 aromatic heterocycles. The molecule has 2 aromatic carbocycles. The molecule has 0 bridgehead atoms. The number of imidazole rings is 1. The van der Waals surface area contributed by atoms with Crippen molar-refractivity contribution < 1.29 is 4.79 Å². The Balaban J connectivity index is 1.45. The number of H-pyrrole nitrogens is 1. The topological polar surface area (TPSA) is 113 Å². The Morgan fingerprint density at radius 1 is 1.25 bits per heavy atom. The second-order valence-electron chi connectivity index (χ2n) is 8.02. The molecule has 0 aliphatic carbocycles. The van der Waals surface area contributed by atoms with Crippen LogP contribution in [0.25, 0.3) is 21.9 Å². The maximum Gasteiger partial charge on any atom is 0.255 e. The zero-order chi connectivity index (χ0) is 22.4. The van der Waals surface area contributed by atoms with Crippen molar-refractivity contribution in [2.24, 2.45) is 5.73 Å². The SMILES string of the molecule is C[C@H](Nc1ncnc2cc(C(=O)N3CCC(N)C3)c(Cl)cc12)c1nc2cc(Cl)ccc2[nH]1. The monoisotopic (exact) mass is 469 g/mol. The number of hydrogen-bond donors (Lipinski definition) is 3. The van der Waals surface area contributed by atoms with Crippen LogP contribution in [0.2, 0.25) is 10.0 Å². The van der Waals surface area contributed by atoms with E-state index in [0.717, 1.165) is 28.7 Å². The molecular formula is C22H21Cl2N7O. The van der Waals surface area contributed by atoms with Gasteiger partial charge in [0, 0.05) is 29.5 Å². The normalized spacial score (nSPS) is 17.2. The maximum atomic E-state index is 12.9. The van der Waals surface area contributed by atoms with Crippen molar-refractivity contribution in [2.75, 3.05) is 18.4 Å².